The van der Waals surface area contributed by atoms with Gasteiger partial charge >= 0.3 is 0 Å². The minimum atomic E-state index is 0.117. The van der Waals surface area contributed by atoms with Crippen LogP contribution in [0.5, 0.6) is 0 Å². The molecule has 3 rings (SSSR count). The molecule has 2 fully saturated rings. The molecule has 0 spiro atoms. The number of oxime groups is 1. The van der Waals surface area contributed by atoms with Crippen molar-refractivity contribution in [2.45, 2.75) is 37.8 Å². The summed E-state index contributed by atoms with van der Waals surface area (Å²) in [6.07, 6.45) is 5.23. The maximum absolute atomic E-state index is 8.80. The maximum atomic E-state index is 8.80. The van der Waals surface area contributed by atoms with Gasteiger partial charge < -0.3 is 20.6 Å². The van der Waals surface area contributed by atoms with Gasteiger partial charge in [-0.3, -0.25) is 0 Å². The van der Waals surface area contributed by atoms with E-state index < -0.39 is 0 Å². The molecule has 1 saturated heterocycles. The van der Waals surface area contributed by atoms with Crippen LogP contribution in [-0.2, 0) is 4.74 Å². The standard InChI is InChI=1S/C15H20BrN3O2/c16-12-9-10(5-6-11(12)15(17)18-20)19-7-8-21-14-4-2-1-3-13(14)19/h5-6,9,13-14,20H,1-4,7-8H2,(H2,17,18). The van der Waals surface area contributed by atoms with Gasteiger partial charge in [-0.05, 0) is 47.0 Å². The SMILES string of the molecule is N/C(=N/O)c1ccc(N2CCOC3CCCCC32)cc1Br. The van der Waals surface area contributed by atoms with E-state index in [4.69, 9.17) is 15.7 Å². The Labute approximate surface area is 132 Å². The van der Waals surface area contributed by atoms with Crippen molar-refractivity contribution in [2.24, 2.45) is 10.9 Å². The summed E-state index contributed by atoms with van der Waals surface area (Å²) in [6, 6.07) is 6.44. The number of anilines is 1. The lowest BCUT2D eigenvalue weighted by Gasteiger charge is -2.45. The number of benzene rings is 1. The number of nitrogens with zero attached hydrogens (tertiary/aromatic N) is 2. The second-order valence-corrected chi connectivity index (χ2v) is 6.46. The first-order valence-electron chi connectivity index (χ1n) is 7.36. The zero-order valence-corrected chi connectivity index (χ0v) is 13.4. The average molecular weight is 354 g/mol. The highest BCUT2D eigenvalue weighted by Crippen LogP contribution is 2.33. The van der Waals surface area contributed by atoms with Crippen LogP contribution in [0.15, 0.2) is 27.8 Å². The molecule has 2 unspecified atom stereocenters. The van der Waals surface area contributed by atoms with Crippen LogP contribution in [0.1, 0.15) is 31.2 Å². The van der Waals surface area contributed by atoms with E-state index in [9.17, 15) is 0 Å². The fraction of sp³-hybridized carbons (Fsp3) is 0.533. The summed E-state index contributed by atoms with van der Waals surface area (Å²) in [5, 5.41) is 11.9. The lowest BCUT2D eigenvalue weighted by atomic mass is 9.89. The third kappa shape index (κ3) is 2.87. The lowest BCUT2D eigenvalue weighted by molar-refractivity contribution is -0.00868. The number of rotatable bonds is 2. The Kier molecular flexibility index (Phi) is 4.35. The van der Waals surface area contributed by atoms with Crippen LogP contribution >= 0.6 is 15.9 Å². The van der Waals surface area contributed by atoms with Gasteiger partial charge in [-0.25, -0.2) is 0 Å². The number of hydrogen-bond acceptors (Lipinski definition) is 4. The van der Waals surface area contributed by atoms with Gasteiger partial charge in [0, 0.05) is 22.3 Å². The molecule has 2 atom stereocenters. The third-order valence-electron chi connectivity index (χ3n) is 4.40. The summed E-state index contributed by atoms with van der Waals surface area (Å²) >= 11 is 3.51. The van der Waals surface area contributed by atoms with Gasteiger partial charge in [0.15, 0.2) is 5.84 Å². The first kappa shape index (κ1) is 14.7. The zero-order chi connectivity index (χ0) is 14.8. The number of hydrogen-bond donors (Lipinski definition) is 2. The normalized spacial score (nSPS) is 26.5. The molecule has 21 heavy (non-hydrogen) atoms. The van der Waals surface area contributed by atoms with Crippen molar-refractivity contribution in [3.63, 3.8) is 0 Å². The summed E-state index contributed by atoms with van der Waals surface area (Å²) in [6.45, 7) is 1.69. The van der Waals surface area contributed by atoms with Crippen molar-refractivity contribution in [2.75, 3.05) is 18.1 Å². The molecule has 1 heterocycles. The van der Waals surface area contributed by atoms with Crippen LogP contribution < -0.4 is 10.6 Å². The number of nitrogens with two attached hydrogens (primary N) is 1. The number of amidine groups is 1. The van der Waals surface area contributed by atoms with Crippen LogP contribution in [0.4, 0.5) is 5.69 Å². The Balaban J connectivity index is 1.87. The van der Waals surface area contributed by atoms with Crippen LogP contribution in [0.25, 0.3) is 0 Å². The van der Waals surface area contributed by atoms with Gasteiger partial charge in [0.25, 0.3) is 0 Å². The molecule has 3 N–H and O–H groups in total. The number of morpholine rings is 1. The van der Waals surface area contributed by atoms with Crippen LogP contribution in [0.3, 0.4) is 0 Å². The van der Waals surface area contributed by atoms with Crippen molar-refractivity contribution in [1.29, 1.82) is 0 Å². The molecule has 0 aromatic heterocycles. The van der Waals surface area contributed by atoms with E-state index >= 15 is 0 Å². The van der Waals surface area contributed by atoms with Gasteiger partial charge in [-0.15, -0.1) is 0 Å². The van der Waals surface area contributed by atoms with Crippen molar-refractivity contribution < 1.29 is 9.94 Å². The highest BCUT2D eigenvalue weighted by molar-refractivity contribution is 9.10. The molecule has 1 aliphatic heterocycles. The maximum Gasteiger partial charge on any atom is 0.171 e. The first-order chi connectivity index (χ1) is 10.2. The molecule has 0 bridgehead atoms. The zero-order valence-electron chi connectivity index (χ0n) is 11.8. The lowest BCUT2D eigenvalue weighted by Crippen LogP contribution is -2.52. The van der Waals surface area contributed by atoms with Gasteiger partial charge in [0.2, 0.25) is 0 Å². The predicted molar refractivity (Wildman–Crippen MR) is 86.0 cm³/mol. The van der Waals surface area contributed by atoms with E-state index in [1.165, 1.54) is 19.3 Å². The average Bonchev–Trinajstić information content (AvgIpc) is 2.53. The van der Waals surface area contributed by atoms with E-state index in [0.717, 1.165) is 29.7 Å². The third-order valence-corrected chi connectivity index (χ3v) is 5.06. The highest BCUT2D eigenvalue weighted by atomic mass is 79.9. The van der Waals surface area contributed by atoms with Gasteiger partial charge in [0.1, 0.15) is 0 Å². The largest absolute Gasteiger partial charge is 0.409 e. The first-order valence-corrected chi connectivity index (χ1v) is 8.15. The monoisotopic (exact) mass is 353 g/mol. The molecule has 0 radical (unpaired) electrons. The fourth-order valence-corrected chi connectivity index (χ4v) is 3.93. The number of fused-ring (bicyclic) bond motifs is 1. The molecule has 1 aliphatic carbocycles. The van der Waals surface area contributed by atoms with E-state index in [1.807, 2.05) is 18.2 Å². The molecular formula is C15H20BrN3O2. The molecule has 2 aliphatic rings. The quantitative estimate of drug-likeness (QED) is 0.371. The topological polar surface area (TPSA) is 71.1 Å². The molecular weight excluding hydrogens is 334 g/mol. The van der Waals surface area contributed by atoms with E-state index in [1.54, 1.807) is 0 Å². The Bertz CT molecular complexity index is 548. The minimum Gasteiger partial charge on any atom is -0.409 e. The fourth-order valence-electron chi connectivity index (χ4n) is 3.36. The van der Waals surface area contributed by atoms with E-state index in [0.29, 0.717) is 17.7 Å². The smallest absolute Gasteiger partial charge is 0.171 e. The van der Waals surface area contributed by atoms with Crippen LogP contribution in [0.2, 0.25) is 0 Å². The van der Waals surface area contributed by atoms with Crippen molar-refractivity contribution in [3.05, 3.63) is 28.2 Å². The summed E-state index contributed by atoms with van der Waals surface area (Å²) in [5.74, 6) is 0.117. The summed E-state index contributed by atoms with van der Waals surface area (Å²) in [7, 11) is 0. The second kappa shape index (κ2) is 6.23. The Morgan fingerprint density at radius 1 is 1.38 bits per heavy atom. The van der Waals surface area contributed by atoms with Gasteiger partial charge in [0.05, 0.1) is 18.8 Å². The molecule has 114 valence electrons. The predicted octanol–water partition coefficient (Wildman–Crippen LogP) is 2.69. The highest BCUT2D eigenvalue weighted by Gasteiger charge is 2.34. The van der Waals surface area contributed by atoms with Crippen molar-refractivity contribution >= 4 is 27.5 Å². The molecule has 5 nitrogen and oxygen atoms in total. The molecule has 1 aromatic carbocycles. The molecule has 1 aromatic rings. The van der Waals surface area contributed by atoms with Gasteiger partial charge in [-0.2, -0.15) is 0 Å². The summed E-state index contributed by atoms with van der Waals surface area (Å²) in [5.41, 5.74) is 7.53. The number of halogens is 1. The summed E-state index contributed by atoms with van der Waals surface area (Å²) < 4.78 is 6.76. The minimum absolute atomic E-state index is 0.117. The Morgan fingerprint density at radius 3 is 2.95 bits per heavy atom. The van der Waals surface area contributed by atoms with Crippen molar-refractivity contribution in [3.8, 4) is 0 Å². The van der Waals surface area contributed by atoms with Crippen LogP contribution in [0, 0.1) is 0 Å². The van der Waals surface area contributed by atoms with E-state index in [2.05, 4.69) is 26.0 Å². The van der Waals surface area contributed by atoms with E-state index in [-0.39, 0.29) is 5.84 Å². The Morgan fingerprint density at radius 2 is 2.19 bits per heavy atom. The number of ether oxygens (including phenoxy) is 1. The molecule has 0 amide bonds. The molecule has 1 saturated carbocycles. The van der Waals surface area contributed by atoms with Crippen molar-refractivity contribution in [1.82, 2.24) is 0 Å². The summed E-state index contributed by atoms with van der Waals surface area (Å²) in [4.78, 5) is 2.44. The second-order valence-electron chi connectivity index (χ2n) is 5.60. The Hall–Kier alpha value is -1.27. The van der Waals surface area contributed by atoms with Crippen LogP contribution in [-0.4, -0.2) is 36.3 Å². The molecule has 6 heteroatoms. The van der Waals surface area contributed by atoms with Gasteiger partial charge in [-0.1, -0.05) is 18.0 Å².